The molecular formula is C16H22F2N2O. The van der Waals surface area contributed by atoms with Crippen LogP contribution in [0.15, 0.2) is 18.2 Å². The number of carbonyl (C=O) groups is 1. The average molecular weight is 296 g/mol. The van der Waals surface area contributed by atoms with Gasteiger partial charge in [0.05, 0.1) is 6.04 Å². The van der Waals surface area contributed by atoms with Crippen LogP contribution < -0.4 is 10.6 Å². The summed E-state index contributed by atoms with van der Waals surface area (Å²) in [6.45, 7) is 3.69. The van der Waals surface area contributed by atoms with Crippen LogP contribution in [-0.4, -0.2) is 19.0 Å². The zero-order valence-electron chi connectivity index (χ0n) is 12.3. The summed E-state index contributed by atoms with van der Waals surface area (Å²) in [5.74, 6) is -0.521. The highest BCUT2D eigenvalue weighted by Gasteiger charge is 2.17. The van der Waals surface area contributed by atoms with Crippen LogP contribution in [0, 0.1) is 17.6 Å². The van der Waals surface area contributed by atoms with Gasteiger partial charge in [-0.1, -0.05) is 0 Å². The van der Waals surface area contributed by atoms with Crippen LogP contribution in [0.3, 0.4) is 0 Å². The Morgan fingerprint density at radius 1 is 1.38 bits per heavy atom. The molecule has 1 unspecified atom stereocenters. The van der Waals surface area contributed by atoms with E-state index in [1.54, 1.807) is 6.92 Å². The minimum atomic E-state index is -0.527. The molecule has 1 aromatic carbocycles. The summed E-state index contributed by atoms with van der Waals surface area (Å²) in [6.07, 6.45) is 3.49. The minimum Gasteiger partial charge on any atom is -0.349 e. The Kier molecular flexibility index (Phi) is 5.67. The van der Waals surface area contributed by atoms with Crippen LogP contribution >= 0.6 is 0 Å². The van der Waals surface area contributed by atoms with E-state index in [9.17, 15) is 13.6 Å². The molecular weight excluding hydrogens is 274 g/mol. The fourth-order valence-corrected chi connectivity index (χ4v) is 2.74. The summed E-state index contributed by atoms with van der Waals surface area (Å²) in [5.41, 5.74) is 0.185. The molecule has 1 aliphatic heterocycles. The van der Waals surface area contributed by atoms with Gasteiger partial charge in [0, 0.05) is 12.0 Å². The number of piperidine rings is 1. The van der Waals surface area contributed by atoms with Crippen LogP contribution in [0.25, 0.3) is 0 Å². The number of benzene rings is 1. The lowest BCUT2D eigenvalue weighted by molar-refractivity contribution is -0.122. The van der Waals surface area contributed by atoms with Gasteiger partial charge in [-0.2, -0.15) is 0 Å². The smallest absolute Gasteiger partial charge is 0.220 e. The molecule has 5 heteroatoms. The molecule has 1 aromatic rings. The van der Waals surface area contributed by atoms with E-state index < -0.39 is 17.7 Å². The largest absolute Gasteiger partial charge is 0.349 e. The van der Waals surface area contributed by atoms with E-state index >= 15 is 0 Å². The zero-order chi connectivity index (χ0) is 15.2. The molecule has 1 saturated heterocycles. The van der Waals surface area contributed by atoms with Crippen LogP contribution in [0.5, 0.6) is 0 Å². The van der Waals surface area contributed by atoms with Crippen molar-refractivity contribution in [1.82, 2.24) is 10.6 Å². The molecule has 1 heterocycles. The fourth-order valence-electron chi connectivity index (χ4n) is 2.74. The Hall–Kier alpha value is -1.49. The lowest BCUT2D eigenvalue weighted by Crippen LogP contribution is -2.30. The zero-order valence-corrected chi connectivity index (χ0v) is 12.3. The van der Waals surface area contributed by atoms with Crippen molar-refractivity contribution in [2.45, 2.75) is 38.6 Å². The van der Waals surface area contributed by atoms with Crippen molar-refractivity contribution in [3.8, 4) is 0 Å². The quantitative estimate of drug-likeness (QED) is 0.877. The number of carbonyl (C=O) groups excluding carboxylic acids is 1. The molecule has 0 spiro atoms. The summed E-state index contributed by atoms with van der Waals surface area (Å²) in [6, 6.07) is 2.76. The Bertz CT molecular complexity index is 487. The molecule has 21 heavy (non-hydrogen) atoms. The van der Waals surface area contributed by atoms with Gasteiger partial charge in [0.15, 0.2) is 0 Å². The van der Waals surface area contributed by atoms with Gasteiger partial charge in [0.25, 0.3) is 0 Å². The summed E-state index contributed by atoms with van der Waals surface area (Å²) in [4.78, 5) is 11.9. The van der Waals surface area contributed by atoms with Gasteiger partial charge >= 0.3 is 0 Å². The highest BCUT2D eigenvalue weighted by atomic mass is 19.1. The number of hydrogen-bond donors (Lipinski definition) is 2. The number of amides is 1. The predicted molar refractivity (Wildman–Crippen MR) is 77.7 cm³/mol. The Labute approximate surface area is 124 Å². The van der Waals surface area contributed by atoms with E-state index in [4.69, 9.17) is 0 Å². The van der Waals surface area contributed by atoms with Gasteiger partial charge in [-0.25, -0.2) is 8.78 Å². The van der Waals surface area contributed by atoms with E-state index in [-0.39, 0.29) is 11.5 Å². The third-order valence-electron chi connectivity index (χ3n) is 4.04. The van der Waals surface area contributed by atoms with Gasteiger partial charge in [0.1, 0.15) is 11.6 Å². The Morgan fingerprint density at radius 3 is 2.81 bits per heavy atom. The van der Waals surface area contributed by atoms with Crippen LogP contribution in [-0.2, 0) is 4.79 Å². The first-order valence-electron chi connectivity index (χ1n) is 7.51. The van der Waals surface area contributed by atoms with E-state index in [0.29, 0.717) is 12.3 Å². The molecule has 2 rings (SSSR count). The standard InChI is InChI=1S/C16H22F2N2O/c1-11(14-10-13(17)3-4-15(14)18)20-16(21)5-2-12-6-8-19-9-7-12/h3-4,10-12,19H,2,5-9H2,1H3,(H,20,21). The third kappa shape index (κ3) is 4.77. The van der Waals surface area contributed by atoms with Crippen LogP contribution in [0.1, 0.15) is 44.2 Å². The molecule has 0 aliphatic carbocycles. The maximum absolute atomic E-state index is 13.6. The summed E-state index contributed by atoms with van der Waals surface area (Å²) >= 11 is 0. The van der Waals surface area contributed by atoms with E-state index in [1.165, 1.54) is 0 Å². The molecule has 0 radical (unpaired) electrons. The van der Waals surface area contributed by atoms with Crippen molar-refractivity contribution >= 4 is 5.91 Å². The lowest BCUT2D eigenvalue weighted by Gasteiger charge is -2.22. The predicted octanol–water partition coefficient (Wildman–Crippen LogP) is 2.92. The van der Waals surface area contributed by atoms with Gasteiger partial charge in [0.2, 0.25) is 5.91 Å². The Morgan fingerprint density at radius 2 is 2.10 bits per heavy atom. The van der Waals surface area contributed by atoms with Crippen molar-refractivity contribution in [1.29, 1.82) is 0 Å². The minimum absolute atomic E-state index is 0.107. The molecule has 1 fully saturated rings. The van der Waals surface area contributed by atoms with Gasteiger partial charge < -0.3 is 10.6 Å². The summed E-state index contributed by atoms with van der Waals surface area (Å²) in [7, 11) is 0. The summed E-state index contributed by atoms with van der Waals surface area (Å²) < 4.78 is 26.8. The lowest BCUT2D eigenvalue weighted by atomic mass is 9.93. The number of nitrogens with one attached hydrogen (secondary N) is 2. The van der Waals surface area contributed by atoms with E-state index in [2.05, 4.69) is 10.6 Å². The molecule has 0 aromatic heterocycles. The second-order valence-electron chi connectivity index (χ2n) is 5.69. The number of rotatable bonds is 5. The van der Waals surface area contributed by atoms with E-state index in [1.807, 2.05) is 0 Å². The second-order valence-corrected chi connectivity index (χ2v) is 5.69. The van der Waals surface area contributed by atoms with Gasteiger partial charge in [-0.3, -0.25) is 4.79 Å². The second kappa shape index (κ2) is 7.50. The maximum atomic E-state index is 13.6. The first kappa shape index (κ1) is 15.9. The maximum Gasteiger partial charge on any atom is 0.220 e. The topological polar surface area (TPSA) is 41.1 Å². The highest BCUT2D eigenvalue weighted by molar-refractivity contribution is 5.76. The molecule has 0 bridgehead atoms. The molecule has 3 nitrogen and oxygen atoms in total. The average Bonchev–Trinajstić information content (AvgIpc) is 2.48. The molecule has 1 amide bonds. The molecule has 2 N–H and O–H groups in total. The molecule has 1 atom stereocenters. The number of halogens is 2. The SMILES string of the molecule is CC(NC(=O)CCC1CCNCC1)c1cc(F)ccc1F. The van der Waals surface area contributed by atoms with Crippen molar-refractivity contribution in [2.24, 2.45) is 5.92 Å². The first-order chi connectivity index (χ1) is 10.1. The molecule has 0 saturated carbocycles. The normalized spacial score (nSPS) is 17.5. The van der Waals surface area contributed by atoms with Gasteiger partial charge in [-0.05, 0) is 63.4 Å². The highest BCUT2D eigenvalue weighted by Crippen LogP contribution is 2.20. The summed E-state index contributed by atoms with van der Waals surface area (Å²) in [5, 5.41) is 6.03. The van der Waals surface area contributed by atoms with Crippen molar-refractivity contribution in [2.75, 3.05) is 13.1 Å². The van der Waals surface area contributed by atoms with Gasteiger partial charge in [-0.15, -0.1) is 0 Å². The van der Waals surface area contributed by atoms with Crippen molar-refractivity contribution in [3.05, 3.63) is 35.4 Å². The first-order valence-corrected chi connectivity index (χ1v) is 7.51. The third-order valence-corrected chi connectivity index (χ3v) is 4.04. The van der Waals surface area contributed by atoms with Crippen molar-refractivity contribution in [3.63, 3.8) is 0 Å². The molecule has 116 valence electrons. The molecule has 1 aliphatic rings. The van der Waals surface area contributed by atoms with E-state index in [0.717, 1.165) is 50.6 Å². The van der Waals surface area contributed by atoms with Crippen LogP contribution in [0.2, 0.25) is 0 Å². The fraction of sp³-hybridized carbons (Fsp3) is 0.562. The number of hydrogen-bond acceptors (Lipinski definition) is 2. The monoisotopic (exact) mass is 296 g/mol. The Balaban J connectivity index is 1.82. The van der Waals surface area contributed by atoms with Crippen molar-refractivity contribution < 1.29 is 13.6 Å². The van der Waals surface area contributed by atoms with Crippen LogP contribution in [0.4, 0.5) is 8.78 Å².